The van der Waals surface area contributed by atoms with Gasteiger partial charge in [0.2, 0.25) is 5.78 Å². The molecule has 0 radical (unpaired) electrons. The van der Waals surface area contributed by atoms with E-state index in [9.17, 15) is 13.2 Å². The van der Waals surface area contributed by atoms with Crippen LogP contribution in [0.2, 0.25) is 5.02 Å². The summed E-state index contributed by atoms with van der Waals surface area (Å²) in [6.45, 7) is 0.0692. The monoisotopic (exact) mass is 490 g/mol. The van der Waals surface area contributed by atoms with Crippen molar-refractivity contribution in [3.8, 4) is 11.5 Å². The molecule has 2 aromatic carbocycles. The summed E-state index contributed by atoms with van der Waals surface area (Å²) in [5.74, 6) is 0.470. The molecule has 0 atom stereocenters. The average Bonchev–Trinajstić information content (AvgIpc) is 3.27. The summed E-state index contributed by atoms with van der Waals surface area (Å²) in [5.41, 5.74) is 1.60. The number of thiophene rings is 1. The molecule has 1 aliphatic rings. The van der Waals surface area contributed by atoms with Crippen LogP contribution in [0.5, 0.6) is 11.5 Å². The molecule has 3 aromatic rings. The van der Waals surface area contributed by atoms with Crippen LogP contribution in [0.1, 0.15) is 15.2 Å². The predicted octanol–water partition coefficient (Wildman–Crippen LogP) is 4.90. The second kappa shape index (κ2) is 8.85. The highest BCUT2D eigenvalue weighted by atomic mass is 35.5. The van der Waals surface area contributed by atoms with Crippen molar-refractivity contribution in [2.45, 2.75) is 6.54 Å². The van der Waals surface area contributed by atoms with Gasteiger partial charge in [-0.1, -0.05) is 23.7 Å². The number of nitrogens with one attached hydrogen (secondary N) is 1. The largest absolute Gasteiger partial charge is 0.497 e. The number of nitrogens with zero attached hydrogens (tertiary/aromatic N) is 1. The first-order valence-corrected chi connectivity index (χ1v) is 12.1. The van der Waals surface area contributed by atoms with Crippen LogP contribution in [0.3, 0.4) is 0 Å². The molecular formula is C22H19ClN2O5S2. The first kappa shape index (κ1) is 22.2. The molecule has 32 heavy (non-hydrogen) atoms. The molecular weight excluding hydrogens is 472 g/mol. The van der Waals surface area contributed by atoms with Crippen molar-refractivity contribution in [3.63, 3.8) is 0 Å². The standard InChI is InChI=1S/C22H19ClN2O5S2/c1-29-16-7-8-17(19(11-16)30-2)24-12-20-21(26)22-18(9-10-31-22)25(32(20,27)28)13-14-3-5-15(23)6-4-14/h3-12,24H,13H2,1-2H3/b20-12-. The smallest absolute Gasteiger partial charge is 0.270 e. The predicted molar refractivity (Wildman–Crippen MR) is 126 cm³/mol. The number of ether oxygens (including phenoxy) is 2. The zero-order valence-electron chi connectivity index (χ0n) is 17.2. The van der Waals surface area contributed by atoms with Crippen LogP contribution in [-0.4, -0.2) is 28.4 Å². The molecule has 0 bridgehead atoms. The van der Waals surface area contributed by atoms with Gasteiger partial charge >= 0.3 is 0 Å². The summed E-state index contributed by atoms with van der Waals surface area (Å²) in [6.07, 6.45) is 1.21. The molecule has 0 amide bonds. The number of halogens is 1. The quantitative estimate of drug-likeness (QED) is 0.494. The SMILES string of the molecule is COc1ccc(N/C=C2/C(=O)c3sccc3N(Cc3ccc(Cl)cc3)S2(=O)=O)c(OC)c1. The lowest BCUT2D eigenvalue weighted by atomic mass is 10.2. The fourth-order valence-corrected chi connectivity index (χ4v) is 5.88. The summed E-state index contributed by atoms with van der Waals surface area (Å²) in [6, 6.07) is 13.6. The number of Topliss-reactive ketones (excluding diaryl/α,β-unsaturated/α-hetero) is 1. The molecule has 0 fully saturated rings. The van der Waals surface area contributed by atoms with E-state index in [1.54, 1.807) is 53.9 Å². The Morgan fingerprint density at radius 2 is 1.84 bits per heavy atom. The Morgan fingerprint density at radius 3 is 2.53 bits per heavy atom. The third-order valence-corrected chi connectivity index (χ3v) is 7.84. The molecule has 0 aliphatic carbocycles. The number of ketones is 1. The molecule has 2 heterocycles. The Balaban J connectivity index is 1.73. The van der Waals surface area contributed by atoms with Gasteiger partial charge in [-0.05, 0) is 41.3 Å². The average molecular weight is 491 g/mol. The van der Waals surface area contributed by atoms with Crippen LogP contribution in [0.15, 0.2) is 65.0 Å². The zero-order valence-corrected chi connectivity index (χ0v) is 19.6. The third-order valence-electron chi connectivity index (χ3n) is 4.92. The maximum absolute atomic E-state index is 13.5. The fourth-order valence-electron chi connectivity index (χ4n) is 3.27. The minimum Gasteiger partial charge on any atom is -0.497 e. The van der Waals surface area contributed by atoms with Crippen LogP contribution < -0.4 is 19.1 Å². The minimum absolute atomic E-state index is 0.0692. The highest BCUT2D eigenvalue weighted by Gasteiger charge is 2.41. The van der Waals surface area contributed by atoms with E-state index in [2.05, 4.69) is 5.32 Å². The van der Waals surface area contributed by atoms with Gasteiger partial charge in [-0.15, -0.1) is 11.3 Å². The van der Waals surface area contributed by atoms with Crippen molar-refractivity contribution in [2.24, 2.45) is 0 Å². The molecule has 0 spiro atoms. The molecule has 0 unspecified atom stereocenters. The summed E-state index contributed by atoms with van der Waals surface area (Å²) in [5, 5.41) is 5.16. The van der Waals surface area contributed by atoms with E-state index in [0.29, 0.717) is 32.8 Å². The maximum atomic E-state index is 13.5. The normalized spacial score (nSPS) is 16.0. The van der Waals surface area contributed by atoms with E-state index in [1.165, 1.54) is 36.1 Å². The zero-order chi connectivity index (χ0) is 22.9. The van der Waals surface area contributed by atoms with Gasteiger partial charge in [0.25, 0.3) is 10.0 Å². The minimum atomic E-state index is -4.12. The van der Waals surface area contributed by atoms with E-state index < -0.39 is 15.8 Å². The number of benzene rings is 2. The Bertz CT molecular complexity index is 1300. The summed E-state index contributed by atoms with van der Waals surface area (Å²) in [4.78, 5) is 13.1. The van der Waals surface area contributed by atoms with Gasteiger partial charge in [0.15, 0.2) is 4.91 Å². The van der Waals surface area contributed by atoms with Crippen LogP contribution in [0.25, 0.3) is 0 Å². The van der Waals surface area contributed by atoms with Crippen molar-refractivity contribution in [2.75, 3.05) is 23.8 Å². The number of carbonyl (C=O) groups is 1. The number of allylic oxidation sites excluding steroid dienone is 1. The van der Waals surface area contributed by atoms with Gasteiger partial charge in [-0.2, -0.15) is 0 Å². The molecule has 166 valence electrons. The molecule has 4 rings (SSSR count). The van der Waals surface area contributed by atoms with Crippen LogP contribution in [0, 0.1) is 0 Å². The lowest BCUT2D eigenvalue weighted by molar-refractivity contribution is 0.104. The number of sulfonamides is 1. The molecule has 0 saturated heterocycles. The number of methoxy groups -OCH3 is 2. The van der Waals surface area contributed by atoms with E-state index in [4.69, 9.17) is 21.1 Å². The van der Waals surface area contributed by atoms with Gasteiger partial charge < -0.3 is 14.8 Å². The number of rotatable bonds is 6. The molecule has 1 aromatic heterocycles. The molecule has 7 nitrogen and oxygen atoms in total. The molecule has 10 heteroatoms. The van der Waals surface area contributed by atoms with Gasteiger partial charge in [-0.25, -0.2) is 8.42 Å². The summed E-state index contributed by atoms with van der Waals surface area (Å²) >= 11 is 7.15. The van der Waals surface area contributed by atoms with Crippen LogP contribution >= 0.6 is 22.9 Å². The van der Waals surface area contributed by atoms with E-state index >= 15 is 0 Å². The maximum Gasteiger partial charge on any atom is 0.270 e. The Kier molecular flexibility index (Phi) is 6.14. The fraction of sp³-hybridized carbons (Fsp3) is 0.136. The van der Waals surface area contributed by atoms with Gasteiger partial charge in [-0.3, -0.25) is 9.10 Å². The lowest BCUT2D eigenvalue weighted by Gasteiger charge is -2.29. The Labute approximate surface area is 194 Å². The molecule has 1 N–H and O–H groups in total. The topological polar surface area (TPSA) is 84.9 Å². The number of hydrogen-bond acceptors (Lipinski definition) is 7. The number of hydrogen-bond donors (Lipinski definition) is 1. The second-order valence-electron chi connectivity index (χ2n) is 6.82. The first-order chi connectivity index (χ1) is 15.3. The number of carbonyl (C=O) groups excluding carboxylic acids is 1. The van der Waals surface area contributed by atoms with Gasteiger partial charge in [0.1, 0.15) is 16.4 Å². The number of fused-ring (bicyclic) bond motifs is 1. The number of anilines is 2. The van der Waals surface area contributed by atoms with Crippen LogP contribution in [0.4, 0.5) is 11.4 Å². The third kappa shape index (κ3) is 4.06. The molecule has 1 aliphatic heterocycles. The van der Waals surface area contributed by atoms with E-state index in [-0.39, 0.29) is 11.4 Å². The highest BCUT2D eigenvalue weighted by molar-refractivity contribution is 7.97. The Hall–Kier alpha value is -3.01. The van der Waals surface area contributed by atoms with Crippen molar-refractivity contribution in [1.82, 2.24) is 0 Å². The molecule has 0 saturated carbocycles. The Morgan fingerprint density at radius 1 is 1.09 bits per heavy atom. The summed E-state index contributed by atoms with van der Waals surface area (Å²) < 4.78 is 38.7. The van der Waals surface area contributed by atoms with Crippen molar-refractivity contribution < 1.29 is 22.7 Å². The highest BCUT2D eigenvalue weighted by Crippen LogP contribution is 2.39. The van der Waals surface area contributed by atoms with Gasteiger partial charge in [0, 0.05) is 17.3 Å². The van der Waals surface area contributed by atoms with Crippen molar-refractivity contribution >= 4 is 50.1 Å². The summed E-state index contributed by atoms with van der Waals surface area (Å²) in [7, 11) is -1.10. The van der Waals surface area contributed by atoms with Crippen molar-refractivity contribution in [1.29, 1.82) is 0 Å². The first-order valence-electron chi connectivity index (χ1n) is 9.43. The van der Waals surface area contributed by atoms with Gasteiger partial charge in [0.05, 0.1) is 32.1 Å². The second-order valence-corrected chi connectivity index (χ2v) is 10.0. The van der Waals surface area contributed by atoms with E-state index in [1.807, 2.05) is 0 Å². The lowest BCUT2D eigenvalue weighted by Crippen LogP contribution is -2.38. The van der Waals surface area contributed by atoms with Crippen molar-refractivity contribution in [3.05, 3.63) is 80.5 Å². The van der Waals surface area contributed by atoms with Crippen LogP contribution in [-0.2, 0) is 16.6 Å². The van der Waals surface area contributed by atoms with E-state index in [0.717, 1.165) is 5.56 Å².